The highest BCUT2D eigenvalue weighted by Crippen LogP contribution is 2.29. The molecule has 0 saturated carbocycles. The minimum Gasteiger partial charge on any atom is -0.353 e. The number of halogens is 2. The Balaban J connectivity index is 1.46. The quantitative estimate of drug-likeness (QED) is 0.561. The number of hydrogen-bond acceptors (Lipinski definition) is 6. The number of thioether (sulfide) groups is 1. The molecule has 1 amide bonds. The summed E-state index contributed by atoms with van der Waals surface area (Å²) in [7, 11) is 0. The molecular formula is C21H22F2N6OS. The van der Waals surface area contributed by atoms with Crippen molar-refractivity contribution in [3.63, 3.8) is 0 Å². The van der Waals surface area contributed by atoms with Crippen molar-refractivity contribution in [3.05, 3.63) is 59.9 Å². The highest BCUT2D eigenvalue weighted by atomic mass is 32.2. The zero-order valence-corrected chi connectivity index (χ0v) is 18.0. The highest BCUT2D eigenvalue weighted by molar-refractivity contribution is 7.99. The van der Waals surface area contributed by atoms with E-state index in [1.165, 1.54) is 6.33 Å². The Hall–Kier alpha value is -3.01. The van der Waals surface area contributed by atoms with Crippen molar-refractivity contribution in [3.8, 4) is 5.82 Å². The molecule has 2 aromatic heterocycles. The van der Waals surface area contributed by atoms with Gasteiger partial charge in [0.25, 0.3) is 11.7 Å². The lowest BCUT2D eigenvalue weighted by atomic mass is 10.2. The highest BCUT2D eigenvalue weighted by Gasteiger charge is 2.25. The van der Waals surface area contributed by atoms with Gasteiger partial charge in [0.2, 0.25) is 0 Å². The largest absolute Gasteiger partial charge is 0.353 e. The van der Waals surface area contributed by atoms with E-state index in [0.717, 1.165) is 23.0 Å². The van der Waals surface area contributed by atoms with Gasteiger partial charge in [0.15, 0.2) is 0 Å². The van der Waals surface area contributed by atoms with Gasteiger partial charge in [-0.25, -0.2) is 15.0 Å². The molecule has 3 heterocycles. The summed E-state index contributed by atoms with van der Waals surface area (Å²) in [5.74, 6) is -1.28. The Bertz CT molecular complexity index is 1080. The van der Waals surface area contributed by atoms with E-state index in [4.69, 9.17) is 0 Å². The lowest BCUT2D eigenvalue weighted by Crippen LogP contribution is -2.49. The molecule has 1 aliphatic heterocycles. The molecule has 0 radical (unpaired) electrons. The SMILES string of the molecule is Cc1ncn(-c2cc(N3CCN(C(=O)c4ccccc4SC(F)F)CC3)ncn2)c1C. The van der Waals surface area contributed by atoms with Crippen LogP contribution in [0.1, 0.15) is 21.7 Å². The number of hydrogen-bond donors (Lipinski definition) is 0. The summed E-state index contributed by atoms with van der Waals surface area (Å²) in [5, 5.41) is 0. The predicted octanol–water partition coefficient (Wildman–Crippen LogP) is 3.56. The molecule has 31 heavy (non-hydrogen) atoms. The third-order valence-corrected chi connectivity index (χ3v) is 6.15. The van der Waals surface area contributed by atoms with Crippen LogP contribution in [0.2, 0.25) is 0 Å². The third kappa shape index (κ3) is 4.53. The Labute approximate surface area is 183 Å². The molecule has 0 N–H and O–H groups in total. The normalized spacial score (nSPS) is 14.4. The van der Waals surface area contributed by atoms with Crippen LogP contribution < -0.4 is 4.90 Å². The number of carbonyl (C=O) groups is 1. The molecule has 0 spiro atoms. The van der Waals surface area contributed by atoms with Crippen molar-refractivity contribution in [1.82, 2.24) is 24.4 Å². The number of aryl methyl sites for hydroxylation is 1. The maximum atomic E-state index is 12.9. The first-order chi connectivity index (χ1) is 14.9. The van der Waals surface area contributed by atoms with Gasteiger partial charge in [0, 0.05) is 42.8 Å². The second-order valence-corrected chi connectivity index (χ2v) is 8.21. The molecular weight excluding hydrogens is 422 g/mol. The Morgan fingerprint density at radius 3 is 2.42 bits per heavy atom. The number of rotatable bonds is 5. The first kappa shape index (κ1) is 21.2. The zero-order chi connectivity index (χ0) is 22.0. The molecule has 1 aliphatic rings. The summed E-state index contributed by atoms with van der Waals surface area (Å²) in [6.45, 7) is 6.08. The molecule has 162 valence electrons. The molecule has 0 bridgehead atoms. The smallest absolute Gasteiger partial charge is 0.288 e. The van der Waals surface area contributed by atoms with Gasteiger partial charge in [0.1, 0.15) is 24.3 Å². The van der Waals surface area contributed by atoms with E-state index >= 15 is 0 Å². The van der Waals surface area contributed by atoms with E-state index in [1.54, 1.807) is 35.5 Å². The number of nitrogens with zero attached hydrogens (tertiary/aromatic N) is 6. The number of carbonyl (C=O) groups excluding carboxylic acids is 1. The maximum absolute atomic E-state index is 12.9. The van der Waals surface area contributed by atoms with Gasteiger partial charge in [0.05, 0.1) is 11.3 Å². The lowest BCUT2D eigenvalue weighted by molar-refractivity contribution is 0.0743. The molecule has 1 fully saturated rings. The van der Waals surface area contributed by atoms with Gasteiger partial charge < -0.3 is 9.80 Å². The Morgan fingerprint density at radius 1 is 1.03 bits per heavy atom. The molecule has 0 atom stereocenters. The Kier molecular flexibility index (Phi) is 6.17. The van der Waals surface area contributed by atoms with E-state index in [0.29, 0.717) is 48.4 Å². The van der Waals surface area contributed by atoms with Crippen molar-refractivity contribution >= 4 is 23.5 Å². The summed E-state index contributed by atoms with van der Waals surface area (Å²) in [5.41, 5.74) is 2.27. The fraction of sp³-hybridized carbons (Fsp3) is 0.333. The average molecular weight is 445 g/mol. The summed E-state index contributed by atoms with van der Waals surface area (Å²) >= 11 is 0.402. The van der Waals surface area contributed by atoms with Crippen molar-refractivity contribution in [2.75, 3.05) is 31.1 Å². The predicted molar refractivity (Wildman–Crippen MR) is 115 cm³/mol. The molecule has 1 aromatic carbocycles. The van der Waals surface area contributed by atoms with E-state index in [9.17, 15) is 13.6 Å². The average Bonchev–Trinajstić information content (AvgIpc) is 3.12. The van der Waals surface area contributed by atoms with Crippen LogP contribution in [0.4, 0.5) is 14.6 Å². The van der Waals surface area contributed by atoms with E-state index in [1.807, 2.05) is 24.5 Å². The molecule has 0 unspecified atom stereocenters. The summed E-state index contributed by atoms with van der Waals surface area (Å²) < 4.78 is 27.6. The topological polar surface area (TPSA) is 67.2 Å². The third-order valence-electron chi connectivity index (χ3n) is 5.36. The monoisotopic (exact) mass is 444 g/mol. The molecule has 4 rings (SSSR count). The molecule has 1 saturated heterocycles. The minimum atomic E-state index is -2.57. The molecule has 7 nitrogen and oxygen atoms in total. The molecule has 3 aromatic rings. The summed E-state index contributed by atoms with van der Waals surface area (Å²) in [4.78, 5) is 30.1. The number of benzene rings is 1. The van der Waals surface area contributed by atoms with Gasteiger partial charge in [-0.1, -0.05) is 23.9 Å². The van der Waals surface area contributed by atoms with Gasteiger partial charge in [-0.05, 0) is 26.0 Å². The molecule has 0 aliphatic carbocycles. The minimum absolute atomic E-state index is 0.226. The van der Waals surface area contributed by atoms with Crippen LogP contribution in [0.15, 0.2) is 47.9 Å². The van der Waals surface area contributed by atoms with E-state index < -0.39 is 5.76 Å². The van der Waals surface area contributed by atoms with Crippen LogP contribution in [0, 0.1) is 13.8 Å². The first-order valence-electron chi connectivity index (χ1n) is 9.85. The van der Waals surface area contributed by atoms with Crippen molar-refractivity contribution in [2.24, 2.45) is 0 Å². The Morgan fingerprint density at radius 2 is 1.74 bits per heavy atom. The van der Waals surface area contributed by atoms with Crippen LogP contribution in [0.3, 0.4) is 0 Å². The summed E-state index contributed by atoms with van der Waals surface area (Å²) in [6, 6.07) is 8.42. The van der Waals surface area contributed by atoms with Crippen molar-refractivity contribution < 1.29 is 13.6 Å². The van der Waals surface area contributed by atoms with Crippen LogP contribution in [-0.4, -0.2) is 62.3 Å². The van der Waals surface area contributed by atoms with Gasteiger partial charge in [-0.3, -0.25) is 9.36 Å². The van der Waals surface area contributed by atoms with E-state index in [-0.39, 0.29) is 5.91 Å². The number of piperazine rings is 1. The number of anilines is 1. The fourth-order valence-corrected chi connectivity index (χ4v) is 4.15. The van der Waals surface area contributed by atoms with Gasteiger partial charge >= 0.3 is 0 Å². The summed E-state index contributed by atoms with van der Waals surface area (Å²) in [6.07, 6.45) is 3.26. The second kappa shape index (κ2) is 9.01. The lowest BCUT2D eigenvalue weighted by Gasteiger charge is -2.35. The van der Waals surface area contributed by atoms with Crippen molar-refractivity contribution in [1.29, 1.82) is 0 Å². The number of amides is 1. The maximum Gasteiger partial charge on any atom is 0.288 e. The van der Waals surface area contributed by atoms with Crippen LogP contribution in [0.5, 0.6) is 0 Å². The number of imidazole rings is 1. The van der Waals surface area contributed by atoms with Gasteiger partial charge in [-0.2, -0.15) is 8.78 Å². The van der Waals surface area contributed by atoms with Crippen LogP contribution in [0.25, 0.3) is 5.82 Å². The van der Waals surface area contributed by atoms with Crippen molar-refractivity contribution in [2.45, 2.75) is 24.5 Å². The fourth-order valence-electron chi connectivity index (χ4n) is 3.52. The van der Waals surface area contributed by atoms with E-state index in [2.05, 4.69) is 19.9 Å². The standard InChI is InChI=1S/C21H22F2N6OS/c1-14-15(2)29(13-26-14)19-11-18(24-12-25-19)27-7-9-28(10-8-27)20(30)16-5-3-4-6-17(16)31-21(22)23/h3-6,11-13,21H,7-10H2,1-2H3. The second-order valence-electron chi connectivity index (χ2n) is 7.17. The first-order valence-corrected chi connectivity index (χ1v) is 10.7. The van der Waals surface area contributed by atoms with Crippen LogP contribution in [-0.2, 0) is 0 Å². The number of alkyl halides is 2. The zero-order valence-electron chi connectivity index (χ0n) is 17.2. The number of aromatic nitrogens is 4. The van der Waals surface area contributed by atoms with Gasteiger partial charge in [-0.15, -0.1) is 0 Å². The van der Waals surface area contributed by atoms with Crippen LogP contribution >= 0.6 is 11.8 Å². The molecule has 10 heteroatoms.